The first-order valence-corrected chi connectivity index (χ1v) is 7.08. The Bertz CT molecular complexity index is 371. The van der Waals surface area contributed by atoms with Gasteiger partial charge in [0.05, 0.1) is 0 Å². The molecule has 18 heavy (non-hydrogen) atoms. The summed E-state index contributed by atoms with van der Waals surface area (Å²) >= 11 is 0. The van der Waals surface area contributed by atoms with Crippen LogP contribution in [0, 0.1) is 6.92 Å². The Morgan fingerprint density at radius 2 is 1.50 bits per heavy atom. The minimum absolute atomic E-state index is 0.620. The van der Waals surface area contributed by atoms with Crippen LogP contribution in [0.5, 0.6) is 0 Å². The molecule has 2 nitrogen and oxygen atoms in total. The normalized spacial score (nSPS) is 25.8. The zero-order chi connectivity index (χ0) is 13.3. The van der Waals surface area contributed by atoms with Crippen molar-refractivity contribution >= 4 is 5.69 Å². The summed E-state index contributed by atoms with van der Waals surface area (Å²) in [5, 5.41) is 0. The lowest BCUT2D eigenvalue weighted by Gasteiger charge is -2.47. The van der Waals surface area contributed by atoms with Gasteiger partial charge in [0.2, 0.25) is 0 Å². The van der Waals surface area contributed by atoms with Crippen LogP contribution in [0.1, 0.15) is 33.3 Å². The number of hydrogen-bond donors (Lipinski definition) is 0. The lowest BCUT2D eigenvalue weighted by atomic mass is 10.0. The minimum Gasteiger partial charge on any atom is -0.368 e. The number of benzene rings is 1. The molecule has 0 bridgehead atoms. The SMILES string of the molecule is Cc1ccc(N2C[C@@H](C)N(C(C)C)[C@@H](C)C2)cc1. The molecule has 1 aliphatic rings. The van der Waals surface area contributed by atoms with Gasteiger partial charge in [0.1, 0.15) is 0 Å². The highest BCUT2D eigenvalue weighted by Crippen LogP contribution is 2.24. The molecule has 100 valence electrons. The molecule has 2 rings (SSSR count). The van der Waals surface area contributed by atoms with Crippen LogP contribution in [-0.4, -0.2) is 36.1 Å². The molecule has 1 aromatic carbocycles. The minimum atomic E-state index is 0.620. The van der Waals surface area contributed by atoms with E-state index in [-0.39, 0.29) is 0 Å². The molecule has 0 unspecified atom stereocenters. The Hall–Kier alpha value is -1.02. The molecule has 0 spiro atoms. The first-order chi connectivity index (χ1) is 8.49. The number of rotatable bonds is 2. The van der Waals surface area contributed by atoms with Gasteiger partial charge >= 0.3 is 0 Å². The maximum Gasteiger partial charge on any atom is 0.0367 e. The van der Waals surface area contributed by atoms with Crippen molar-refractivity contribution in [2.75, 3.05) is 18.0 Å². The average Bonchev–Trinajstić information content (AvgIpc) is 2.28. The van der Waals surface area contributed by atoms with E-state index in [0.29, 0.717) is 18.1 Å². The summed E-state index contributed by atoms with van der Waals surface area (Å²) in [6.45, 7) is 13.7. The quantitative estimate of drug-likeness (QED) is 0.790. The van der Waals surface area contributed by atoms with Gasteiger partial charge in [0.15, 0.2) is 0 Å². The summed E-state index contributed by atoms with van der Waals surface area (Å²) in [5.41, 5.74) is 2.70. The Balaban J connectivity index is 2.12. The second-order valence-corrected chi connectivity index (χ2v) is 5.98. The van der Waals surface area contributed by atoms with Crippen LogP contribution < -0.4 is 4.90 Å². The lowest BCUT2D eigenvalue weighted by Crippen LogP contribution is -2.58. The van der Waals surface area contributed by atoms with E-state index in [1.807, 2.05) is 0 Å². The van der Waals surface area contributed by atoms with Gasteiger partial charge < -0.3 is 4.90 Å². The maximum atomic E-state index is 2.63. The van der Waals surface area contributed by atoms with Gasteiger partial charge in [0, 0.05) is 36.9 Å². The van der Waals surface area contributed by atoms with Gasteiger partial charge in [-0.3, -0.25) is 4.90 Å². The van der Waals surface area contributed by atoms with Crippen molar-refractivity contribution in [3.8, 4) is 0 Å². The van der Waals surface area contributed by atoms with E-state index >= 15 is 0 Å². The second-order valence-electron chi connectivity index (χ2n) is 5.98. The first kappa shape index (κ1) is 13.4. The smallest absolute Gasteiger partial charge is 0.0367 e. The van der Waals surface area contributed by atoms with Crippen LogP contribution in [0.15, 0.2) is 24.3 Å². The average molecular weight is 246 g/mol. The third-order valence-electron chi connectivity index (χ3n) is 3.98. The second kappa shape index (κ2) is 5.31. The van der Waals surface area contributed by atoms with Gasteiger partial charge in [-0.15, -0.1) is 0 Å². The molecule has 0 N–H and O–H groups in total. The van der Waals surface area contributed by atoms with E-state index in [1.54, 1.807) is 0 Å². The number of hydrogen-bond acceptors (Lipinski definition) is 2. The summed E-state index contributed by atoms with van der Waals surface area (Å²) in [5.74, 6) is 0. The largest absolute Gasteiger partial charge is 0.368 e. The van der Waals surface area contributed by atoms with Crippen molar-refractivity contribution in [2.24, 2.45) is 0 Å². The fourth-order valence-electron chi connectivity index (χ4n) is 3.32. The number of piperazine rings is 1. The number of nitrogens with zero attached hydrogens (tertiary/aromatic N) is 2. The predicted octanol–water partition coefficient (Wildman–Crippen LogP) is 3.30. The maximum absolute atomic E-state index is 2.63. The highest BCUT2D eigenvalue weighted by Gasteiger charge is 2.30. The van der Waals surface area contributed by atoms with Crippen LogP contribution in [0.25, 0.3) is 0 Å². The topological polar surface area (TPSA) is 6.48 Å². The Labute approximate surface area is 112 Å². The first-order valence-electron chi connectivity index (χ1n) is 7.08. The molecule has 1 saturated heterocycles. The lowest BCUT2D eigenvalue weighted by molar-refractivity contribution is 0.0954. The molecular formula is C16H26N2. The third kappa shape index (κ3) is 2.69. The highest BCUT2D eigenvalue weighted by molar-refractivity contribution is 5.48. The van der Waals surface area contributed by atoms with Gasteiger partial charge in [-0.25, -0.2) is 0 Å². The third-order valence-corrected chi connectivity index (χ3v) is 3.98. The van der Waals surface area contributed by atoms with Crippen LogP contribution in [-0.2, 0) is 0 Å². The van der Waals surface area contributed by atoms with Crippen molar-refractivity contribution in [2.45, 2.75) is 52.7 Å². The summed E-state index contributed by atoms with van der Waals surface area (Å²) in [7, 11) is 0. The molecule has 0 saturated carbocycles. The van der Waals surface area contributed by atoms with Crippen LogP contribution in [0.4, 0.5) is 5.69 Å². The molecule has 1 aromatic rings. The molecule has 1 fully saturated rings. The van der Waals surface area contributed by atoms with Gasteiger partial charge in [-0.05, 0) is 46.8 Å². The van der Waals surface area contributed by atoms with Gasteiger partial charge in [0.25, 0.3) is 0 Å². The monoisotopic (exact) mass is 246 g/mol. The number of anilines is 1. The molecule has 1 aliphatic heterocycles. The van der Waals surface area contributed by atoms with E-state index < -0.39 is 0 Å². The van der Waals surface area contributed by atoms with Crippen LogP contribution >= 0.6 is 0 Å². The van der Waals surface area contributed by atoms with E-state index in [1.165, 1.54) is 11.3 Å². The van der Waals surface area contributed by atoms with E-state index in [0.717, 1.165) is 13.1 Å². The van der Waals surface area contributed by atoms with Crippen molar-refractivity contribution in [3.63, 3.8) is 0 Å². The van der Waals surface area contributed by atoms with Crippen molar-refractivity contribution < 1.29 is 0 Å². The fraction of sp³-hybridized carbons (Fsp3) is 0.625. The molecule has 2 heteroatoms. The number of aryl methyl sites for hydroxylation is 1. The Morgan fingerprint density at radius 1 is 1.00 bits per heavy atom. The van der Waals surface area contributed by atoms with Crippen molar-refractivity contribution in [3.05, 3.63) is 29.8 Å². The van der Waals surface area contributed by atoms with E-state index in [2.05, 4.69) is 68.7 Å². The standard InChI is InChI=1S/C16H26N2/c1-12(2)18-14(4)10-17(11-15(18)5)16-8-6-13(3)7-9-16/h6-9,12,14-15H,10-11H2,1-5H3/t14-,15+. The molecule has 0 aliphatic carbocycles. The van der Waals surface area contributed by atoms with Crippen LogP contribution in [0.2, 0.25) is 0 Å². The van der Waals surface area contributed by atoms with Crippen LogP contribution in [0.3, 0.4) is 0 Å². The Kier molecular flexibility index (Phi) is 3.96. The molecule has 0 aromatic heterocycles. The summed E-state index contributed by atoms with van der Waals surface area (Å²) in [6, 6.07) is 10.8. The van der Waals surface area contributed by atoms with Gasteiger partial charge in [-0.1, -0.05) is 17.7 Å². The summed E-state index contributed by atoms with van der Waals surface area (Å²) in [4.78, 5) is 5.15. The fourth-order valence-corrected chi connectivity index (χ4v) is 3.32. The summed E-state index contributed by atoms with van der Waals surface area (Å²) < 4.78 is 0. The van der Waals surface area contributed by atoms with Gasteiger partial charge in [-0.2, -0.15) is 0 Å². The van der Waals surface area contributed by atoms with E-state index in [4.69, 9.17) is 0 Å². The highest BCUT2D eigenvalue weighted by atomic mass is 15.3. The zero-order valence-corrected chi connectivity index (χ0v) is 12.4. The molecule has 1 heterocycles. The van der Waals surface area contributed by atoms with Crippen molar-refractivity contribution in [1.82, 2.24) is 4.90 Å². The van der Waals surface area contributed by atoms with Crippen molar-refractivity contribution in [1.29, 1.82) is 0 Å². The molecule has 2 atom stereocenters. The zero-order valence-electron chi connectivity index (χ0n) is 12.4. The predicted molar refractivity (Wildman–Crippen MR) is 79.3 cm³/mol. The molecule has 0 amide bonds. The molecular weight excluding hydrogens is 220 g/mol. The van der Waals surface area contributed by atoms with E-state index in [9.17, 15) is 0 Å². The Morgan fingerprint density at radius 3 is 1.94 bits per heavy atom. The summed E-state index contributed by atoms with van der Waals surface area (Å²) in [6.07, 6.45) is 0. The molecule has 0 radical (unpaired) electrons.